The Morgan fingerprint density at radius 2 is 2.08 bits per heavy atom. The monoisotopic (exact) mass is 344 g/mol. The van der Waals surface area contributed by atoms with Gasteiger partial charge in [0.05, 0.1) is 12.1 Å². The average molecular weight is 344 g/mol. The molecule has 1 aromatic heterocycles. The molecule has 2 saturated heterocycles. The molecule has 0 bridgehead atoms. The molecule has 0 radical (unpaired) electrons. The lowest BCUT2D eigenvalue weighted by Gasteiger charge is -2.37. The van der Waals surface area contributed by atoms with Gasteiger partial charge in [-0.15, -0.1) is 0 Å². The van der Waals surface area contributed by atoms with Gasteiger partial charge < -0.3 is 15.0 Å². The van der Waals surface area contributed by atoms with E-state index in [1.807, 2.05) is 0 Å². The first-order valence-electron chi connectivity index (χ1n) is 9.09. The molecule has 1 aromatic rings. The van der Waals surface area contributed by atoms with Gasteiger partial charge in [0, 0.05) is 50.7 Å². The number of carbonyl (C=O) groups excluding carboxylic acids is 2. The zero-order valence-corrected chi connectivity index (χ0v) is 14.3. The van der Waals surface area contributed by atoms with E-state index in [0.29, 0.717) is 37.9 Å². The van der Waals surface area contributed by atoms with Crippen molar-refractivity contribution in [2.24, 2.45) is 17.3 Å². The van der Waals surface area contributed by atoms with Gasteiger partial charge in [0.2, 0.25) is 5.91 Å². The lowest BCUT2D eigenvalue weighted by atomic mass is 9.71. The van der Waals surface area contributed by atoms with Gasteiger partial charge >= 0.3 is 0 Å². The number of ether oxygens (including phenoxy) is 1. The van der Waals surface area contributed by atoms with Crippen LogP contribution in [-0.2, 0) is 9.53 Å². The van der Waals surface area contributed by atoms with Gasteiger partial charge in [0.15, 0.2) is 0 Å². The summed E-state index contributed by atoms with van der Waals surface area (Å²) in [7, 11) is 0. The van der Waals surface area contributed by atoms with Crippen molar-refractivity contribution < 1.29 is 14.3 Å². The third-order valence-corrected chi connectivity index (χ3v) is 5.78. The number of hydrogen-bond acceptors (Lipinski definition) is 5. The smallest absolute Gasteiger partial charge is 0.274 e. The van der Waals surface area contributed by atoms with Crippen LogP contribution in [0, 0.1) is 17.3 Å². The Bertz CT molecular complexity index is 641. The largest absolute Gasteiger partial charge is 0.381 e. The molecular formula is C18H24N4O3. The first-order chi connectivity index (χ1) is 12.2. The van der Waals surface area contributed by atoms with Gasteiger partial charge in [0.1, 0.15) is 5.69 Å². The number of rotatable bonds is 4. The van der Waals surface area contributed by atoms with Gasteiger partial charge in [-0.2, -0.15) is 0 Å². The second-order valence-corrected chi connectivity index (χ2v) is 7.49. The van der Waals surface area contributed by atoms with Crippen molar-refractivity contribution in [2.75, 3.05) is 32.8 Å². The zero-order valence-electron chi connectivity index (χ0n) is 14.3. The predicted molar refractivity (Wildman–Crippen MR) is 89.6 cm³/mol. The highest BCUT2D eigenvalue weighted by Crippen LogP contribution is 2.44. The summed E-state index contributed by atoms with van der Waals surface area (Å²) in [4.78, 5) is 35.5. The van der Waals surface area contributed by atoms with Gasteiger partial charge in [-0.3, -0.25) is 14.6 Å². The topological polar surface area (TPSA) is 84.4 Å². The molecule has 1 saturated carbocycles. The fraction of sp³-hybridized carbons (Fsp3) is 0.667. The van der Waals surface area contributed by atoms with Crippen LogP contribution < -0.4 is 5.32 Å². The Morgan fingerprint density at radius 3 is 2.76 bits per heavy atom. The van der Waals surface area contributed by atoms with E-state index in [2.05, 4.69) is 15.3 Å². The molecule has 1 aliphatic carbocycles. The van der Waals surface area contributed by atoms with E-state index in [9.17, 15) is 9.59 Å². The first-order valence-corrected chi connectivity index (χ1v) is 9.09. The molecule has 1 spiro atoms. The summed E-state index contributed by atoms with van der Waals surface area (Å²) in [5, 5.41) is 3.11. The predicted octanol–water partition coefficient (Wildman–Crippen LogP) is 0.872. The molecule has 3 fully saturated rings. The molecular weight excluding hydrogens is 320 g/mol. The summed E-state index contributed by atoms with van der Waals surface area (Å²) < 4.78 is 5.52. The van der Waals surface area contributed by atoms with Crippen molar-refractivity contribution in [1.29, 1.82) is 0 Å². The molecule has 7 heteroatoms. The minimum absolute atomic E-state index is 0.0863. The number of likely N-dealkylation sites (tertiary alicyclic amines) is 1. The Labute approximate surface area is 147 Å². The summed E-state index contributed by atoms with van der Waals surface area (Å²) in [5.41, 5.74) is 0.160. The van der Waals surface area contributed by atoms with Crippen LogP contribution in [0.1, 0.15) is 36.2 Å². The minimum Gasteiger partial charge on any atom is -0.381 e. The molecule has 0 unspecified atom stereocenters. The minimum atomic E-state index is -0.177. The van der Waals surface area contributed by atoms with Crippen LogP contribution >= 0.6 is 0 Å². The maximum atomic E-state index is 12.8. The second kappa shape index (κ2) is 6.71. The molecule has 2 amide bonds. The van der Waals surface area contributed by atoms with E-state index in [-0.39, 0.29) is 23.1 Å². The lowest BCUT2D eigenvalue weighted by Crippen LogP contribution is -2.44. The molecule has 134 valence electrons. The maximum Gasteiger partial charge on any atom is 0.274 e. The van der Waals surface area contributed by atoms with Crippen molar-refractivity contribution >= 4 is 11.8 Å². The number of nitrogens with zero attached hydrogens (tertiary/aromatic N) is 3. The summed E-state index contributed by atoms with van der Waals surface area (Å²) >= 11 is 0. The summed E-state index contributed by atoms with van der Waals surface area (Å²) in [6.45, 7) is 3.11. The summed E-state index contributed by atoms with van der Waals surface area (Å²) in [6, 6.07) is 0. The number of nitrogens with one attached hydrogen (secondary N) is 1. The van der Waals surface area contributed by atoms with Gasteiger partial charge in [-0.25, -0.2) is 4.98 Å². The van der Waals surface area contributed by atoms with Crippen molar-refractivity contribution in [3.8, 4) is 0 Å². The van der Waals surface area contributed by atoms with E-state index < -0.39 is 0 Å². The van der Waals surface area contributed by atoms with E-state index >= 15 is 0 Å². The van der Waals surface area contributed by atoms with E-state index in [0.717, 1.165) is 19.4 Å². The van der Waals surface area contributed by atoms with Crippen molar-refractivity contribution in [3.63, 3.8) is 0 Å². The van der Waals surface area contributed by atoms with Crippen LogP contribution in [0.4, 0.5) is 0 Å². The fourth-order valence-electron chi connectivity index (χ4n) is 4.03. The van der Waals surface area contributed by atoms with Crippen LogP contribution in [0.3, 0.4) is 0 Å². The van der Waals surface area contributed by atoms with Crippen LogP contribution in [0.15, 0.2) is 18.6 Å². The number of carbonyl (C=O) groups is 2. The quantitative estimate of drug-likeness (QED) is 0.876. The van der Waals surface area contributed by atoms with Crippen LogP contribution in [0.5, 0.6) is 0 Å². The molecule has 2 aliphatic heterocycles. The molecule has 4 rings (SSSR count). The molecule has 7 nitrogen and oxygen atoms in total. The Hall–Kier alpha value is -2.02. The lowest BCUT2D eigenvalue weighted by molar-refractivity contribution is -0.129. The standard InChI is InChI=1S/C18H24N4O3/c23-16(21-9-13-1-2-13)14-11-22(12-18(14)3-7-25-8-4-18)17(24)15-10-19-5-6-20-15/h5-6,10,13-14H,1-4,7-9,11-12H2,(H,21,23)/t14-/m0/s1. The third-order valence-electron chi connectivity index (χ3n) is 5.78. The number of aromatic nitrogens is 2. The van der Waals surface area contributed by atoms with Gasteiger partial charge in [0.25, 0.3) is 5.91 Å². The highest BCUT2D eigenvalue weighted by molar-refractivity contribution is 5.93. The Morgan fingerprint density at radius 1 is 1.28 bits per heavy atom. The van der Waals surface area contributed by atoms with Crippen molar-refractivity contribution in [2.45, 2.75) is 25.7 Å². The Kier molecular flexibility index (Phi) is 4.41. The first kappa shape index (κ1) is 16.4. The van der Waals surface area contributed by atoms with E-state index in [1.165, 1.54) is 25.2 Å². The van der Waals surface area contributed by atoms with E-state index in [1.54, 1.807) is 11.1 Å². The highest BCUT2D eigenvalue weighted by atomic mass is 16.5. The SMILES string of the molecule is O=C(NCC1CC1)[C@@H]1CN(C(=O)c2cnccn2)CC12CCOCC2. The number of hydrogen-bond donors (Lipinski definition) is 1. The molecule has 25 heavy (non-hydrogen) atoms. The summed E-state index contributed by atoms with van der Waals surface area (Å²) in [5.74, 6) is 0.420. The zero-order chi connectivity index (χ0) is 17.3. The van der Waals surface area contributed by atoms with Crippen molar-refractivity contribution in [3.05, 3.63) is 24.3 Å². The molecule has 0 aromatic carbocycles. The number of amides is 2. The molecule has 1 N–H and O–H groups in total. The molecule has 3 heterocycles. The third kappa shape index (κ3) is 3.38. The second-order valence-electron chi connectivity index (χ2n) is 7.49. The molecule has 3 aliphatic rings. The summed E-state index contributed by atoms with van der Waals surface area (Å²) in [6.07, 6.45) is 8.61. The normalized spacial score (nSPS) is 25.1. The van der Waals surface area contributed by atoms with E-state index in [4.69, 9.17) is 4.74 Å². The maximum absolute atomic E-state index is 12.8. The molecule has 1 atom stereocenters. The highest BCUT2D eigenvalue weighted by Gasteiger charge is 2.52. The van der Waals surface area contributed by atoms with Gasteiger partial charge in [-0.1, -0.05) is 0 Å². The average Bonchev–Trinajstić information content (AvgIpc) is 3.42. The van der Waals surface area contributed by atoms with Gasteiger partial charge in [-0.05, 0) is 31.6 Å². The fourth-order valence-corrected chi connectivity index (χ4v) is 4.03. The van der Waals surface area contributed by atoms with Crippen LogP contribution in [0.2, 0.25) is 0 Å². The van der Waals surface area contributed by atoms with Crippen LogP contribution in [0.25, 0.3) is 0 Å². The van der Waals surface area contributed by atoms with Crippen molar-refractivity contribution in [1.82, 2.24) is 20.2 Å². The van der Waals surface area contributed by atoms with Crippen LogP contribution in [-0.4, -0.2) is 59.5 Å². The Balaban J connectivity index is 1.51.